The normalized spacial score (nSPS) is 10.8. The second-order valence-corrected chi connectivity index (χ2v) is 6.24. The van der Waals surface area contributed by atoms with Gasteiger partial charge in [-0.15, -0.1) is 0 Å². The van der Waals surface area contributed by atoms with E-state index in [2.05, 4.69) is 11.9 Å². The Bertz CT molecular complexity index is 897. The minimum Gasteiger partial charge on any atom is -0.487 e. The summed E-state index contributed by atoms with van der Waals surface area (Å²) in [5.74, 6) is -0.214. The van der Waals surface area contributed by atoms with E-state index in [0.717, 1.165) is 5.56 Å². The summed E-state index contributed by atoms with van der Waals surface area (Å²) in [5, 5.41) is 12.7. The van der Waals surface area contributed by atoms with Crippen molar-refractivity contribution in [3.05, 3.63) is 75.8 Å². The molecule has 0 saturated heterocycles. The lowest BCUT2D eigenvalue weighted by Crippen LogP contribution is -2.13. The van der Waals surface area contributed by atoms with E-state index < -0.39 is 5.91 Å². The fraction of sp³-hybridized carbons (Fsp3) is 0.100. The minimum absolute atomic E-state index is 0.104. The lowest BCUT2D eigenvalue weighted by atomic mass is 10.1. The highest BCUT2D eigenvalue weighted by atomic mass is 35.5. The molecule has 0 atom stereocenters. The monoisotopic (exact) mass is 386 g/mol. The summed E-state index contributed by atoms with van der Waals surface area (Å²) in [6, 6.07) is 12.2. The molecule has 0 aromatic heterocycles. The zero-order valence-corrected chi connectivity index (χ0v) is 15.6. The highest BCUT2D eigenvalue weighted by Crippen LogP contribution is 2.34. The van der Waals surface area contributed by atoms with E-state index in [4.69, 9.17) is 27.9 Å². The Morgan fingerprint density at radius 2 is 2.00 bits per heavy atom. The molecule has 0 aliphatic carbocycles. The molecule has 2 aromatic rings. The van der Waals surface area contributed by atoms with Crippen LogP contribution in [0.25, 0.3) is 6.08 Å². The molecule has 2 aromatic carbocycles. The zero-order chi connectivity index (χ0) is 19.1. The summed E-state index contributed by atoms with van der Waals surface area (Å²) in [4.78, 5) is 12.4. The first-order valence-electron chi connectivity index (χ1n) is 7.67. The van der Waals surface area contributed by atoms with E-state index in [1.165, 1.54) is 12.1 Å². The maximum atomic E-state index is 12.4. The van der Waals surface area contributed by atoms with Gasteiger partial charge < -0.3 is 10.1 Å². The van der Waals surface area contributed by atoms with Gasteiger partial charge in [-0.25, -0.2) is 0 Å². The van der Waals surface area contributed by atoms with Crippen LogP contribution in [0.3, 0.4) is 0 Å². The number of halogens is 2. The van der Waals surface area contributed by atoms with Gasteiger partial charge in [-0.1, -0.05) is 53.6 Å². The zero-order valence-electron chi connectivity index (χ0n) is 14.1. The maximum Gasteiger partial charge on any atom is 0.266 e. The van der Waals surface area contributed by atoms with Crippen LogP contribution in [0.2, 0.25) is 10.0 Å². The van der Waals surface area contributed by atoms with E-state index in [1.807, 2.05) is 25.1 Å². The largest absolute Gasteiger partial charge is 0.487 e. The van der Waals surface area contributed by atoms with Crippen molar-refractivity contribution in [1.29, 1.82) is 5.26 Å². The fourth-order valence-corrected chi connectivity index (χ4v) is 2.69. The van der Waals surface area contributed by atoms with Crippen LogP contribution in [0.4, 0.5) is 5.69 Å². The number of rotatable bonds is 6. The van der Waals surface area contributed by atoms with E-state index in [1.54, 1.807) is 24.3 Å². The van der Waals surface area contributed by atoms with Gasteiger partial charge in [0.05, 0.1) is 5.02 Å². The van der Waals surface area contributed by atoms with Crippen molar-refractivity contribution in [2.75, 3.05) is 11.9 Å². The van der Waals surface area contributed by atoms with Crippen LogP contribution in [-0.4, -0.2) is 12.5 Å². The number of benzene rings is 2. The Morgan fingerprint density at radius 1 is 1.31 bits per heavy atom. The molecule has 0 heterocycles. The Labute approximate surface area is 162 Å². The molecule has 6 heteroatoms. The number of aryl methyl sites for hydroxylation is 1. The van der Waals surface area contributed by atoms with Crippen molar-refractivity contribution >= 4 is 40.9 Å². The Morgan fingerprint density at radius 3 is 2.62 bits per heavy atom. The molecule has 0 saturated carbocycles. The van der Waals surface area contributed by atoms with E-state index >= 15 is 0 Å². The van der Waals surface area contributed by atoms with Crippen LogP contribution in [0.5, 0.6) is 5.75 Å². The van der Waals surface area contributed by atoms with Gasteiger partial charge >= 0.3 is 0 Å². The number of ether oxygens (including phenoxy) is 1. The second kappa shape index (κ2) is 9.10. The fourth-order valence-electron chi connectivity index (χ4n) is 2.12. The van der Waals surface area contributed by atoms with Crippen molar-refractivity contribution in [1.82, 2.24) is 0 Å². The average molecular weight is 387 g/mol. The molecule has 0 fully saturated rings. The Kier molecular flexibility index (Phi) is 6.85. The van der Waals surface area contributed by atoms with E-state index in [0.29, 0.717) is 22.0 Å². The van der Waals surface area contributed by atoms with Gasteiger partial charge in [0.2, 0.25) is 0 Å². The van der Waals surface area contributed by atoms with Crippen molar-refractivity contribution in [3.8, 4) is 11.8 Å². The van der Waals surface area contributed by atoms with E-state index in [9.17, 15) is 10.1 Å². The smallest absolute Gasteiger partial charge is 0.266 e. The van der Waals surface area contributed by atoms with Gasteiger partial charge in [0.15, 0.2) is 0 Å². The van der Waals surface area contributed by atoms with Crippen molar-refractivity contribution < 1.29 is 9.53 Å². The number of nitrogens with one attached hydrogen (secondary N) is 1. The van der Waals surface area contributed by atoms with Gasteiger partial charge in [-0.05, 0) is 37.3 Å². The van der Waals surface area contributed by atoms with Crippen LogP contribution >= 0.6 is 23.2 Å². The van der Waals surface area contributed by atoms with Crippen molar-refractivity contribution in [2.24, 2.45) is 0 Å². The Balaban J connectivity index is 2.35. The van der Waals surface area contributed by atoms with Gasteiger partial charge in [0.1, 0.15) is 24.0 Å². The second-order valence-electron chi connectivity index (χ2n) is 5.40. The first kappa shape index (κ1) is 19.6. The van der Waals surface area contributed by atoms with Gasteiger partial charge in [-0.2, -0.15) is 5.26 Å². The predicted octanol–water partition coefficient (Wildman–Crippen LogP) is 5.41. The molecule has 0 unspecified atom stereocenters. The lowest BCUT2D eigenvalue weighted by Gasteiger charge is -2.11. The number of carbonyl (C=O) groups excluding carboxylic acids is 1. The number of nitrogens with zero attached hydrogens (tertiary/aromatic N) is 1. The van der Waals surface area contributed by atoms with Crippen LogP contribution in [0.1, 0.15) is 11.1 Å². The molecule has 0 bridgehead atoms. The van der Waals surface area contributed by atoms with Crippen LogP contribution in [-0.2, 0) is 4.79 Å². The minimum atomic E-state index is -0.540. The molecule has 1 N–H and O–H groups in total. The highest BCUT2D eigenvalue weighted by Gasteiger charge is 2.14. The third-order valence-corrected chi connectivity index (χ3v) is 3.86. The van der Waals surface area contributed by atoms with Crippen LogP contribution < -0.4 is 10.1 Å². The molecule has 132 valence electrons. The van der Waals surface area contributed by atoms with Gasteiger partial charge in [-0.3, -0.25) is 4.79 Å². The summed E-state index contributed by atoms with van der Waals surface area (Å²) in [7, 11) is 0. The van der Waals surface area contributed by atoms with E-state index in [-0.39, 0.29) is 17.2 Å². The number of hydrogen-bond donors (Lipinski definition) is 1. The van der Waals surface area contributed by atoms with Crippen LogP contribution in [0.15, 0.2) is 54.6 Å². The van der Waals surface area contributed by atoms with Gasteiger partial charge in [0.25, 0.3) is 5.91 Å². The number of hydrogen-bond acceptors (Lipinski definition) is 3. The number of nitriles is 1. The molecule has 2 rings (SSSR count). The number of anilines is 1. The predicted molar refractivity (Wildman–Crippen MR) is 106 cm³/mol. The summed E-state index contributed by atoms with van der Waals surface area (Å²) in [6.45, 7) is 5.75. The van der Waals surface area contributed by atoms with Crippen LogP contribution in [0, 0.1) is 18.3 Å². The summed E-state index contributed by atoms with van der Waals surface area (Å²) < 4.78 is 5.53. The first-order valence-corrected chi connectivity index (χ1v) is 8.42. The summed E-state index contributed by atoms with van der Waals surface area (Å²) in [5.41, 5.74) is 1.98. The van der Waals surface area contributed by atoms with Crippen molar-refractivity contribution in [2.45, 2.75) is 6.92 Å². The molecule has 1 amide bonds. The quantitative estimate of drug-likeness (QED) is 0.409. The molecular weight excluding hydrogens is 371 g/mol. The number of amides is 1. The Hall–Kier alpha value is -2.74. The first-order chi connectivity index (χ1) is 12.4. The molecule has 0 aliphatic rings. The standard InChI is InChI=1S/C20H16Cl2N2O2/c1-3-8-26-19-14(10-16(21)11-18(19)22)9-15(12-23)20(25)24-17-6-4-13(2)5-7-17/h3-7,9-11H,1,8H2,2H3,(H,24,25)/b15-9+. The molecular formula is C20H16Cl2N2O2. The maximum absolute atomic E-state index is 12.4. The topological polar surface area (TPSA) is 62.1 Å². The molecule has 4 nitrogen and oxygen atoms in total. The third-order valence-electron chi connectivity index (χ3n) is 3.36. The summed E-state index contributed by atoms with van der Waals surface area (Å²) >= 11 is 12.2. The van der Waals surface area contributed by atoms with Gasteiger partial charge in [0, 0.05) is 16.3 Å². The number of carbonyl (C=O) groups is 1. The third kappa shape index (κ3) is 5.13. The SMILES string of the molecule is C=CCOc1c(Cl)cc(Cl)cc1/C=C(\C#N)C(=O)Nc1ccc(C)cc1. The molecule has 0 radical (unpaired) electrons. The van der Waals surface area contributed by atoms with Crippen molar-refractivity contribution in [3.63, 3.8) is 0 Å². The molecule has 0 spiro atoms. The average Bonchev–Trinajstić information content (AvgIpc) is 2.60. The highest BCUT2D eigenvalue weighted by molar-refractivity contribution is 6.36. The lowest BCUT2D eigenvalue weighted by molar-refractivity contribution is -0.112. The molecule has 0 aliphatic heterocycles. The summed E-state index contributed by atoms with van der Waals surface area (Å²) in [6.07, 6.45) is 2.95. The molecule has 26 heavy (non-hydrogen) atoms.